The maximum absolute atomic E-state index is 13.7. The Labute approximate surface area is 170 Å². The van der Waals surface area contributed by atoms with Gasteiger partial charge in [0.15, 0.2) is 23.1 Å². The summed E-state index contributed by atoms with van der Waals surface area (Å²) in [6.45, 7) is 2.02. The van der Waals surface area contributed by atoms with Crippen LogP contribution in [0.5, 0.6) is 0 Å². The Kier molecular flexibility index (Phi) is 5.03. The molecule has 3 aromatic heterocycles. The summed E-state index contributed by atoms with van der Waals surface area (Å²) >= 11 is 0. The predicted molar refractivity (Wildman–Crippen MR) is 112 cm³/mol. The van der Waals surface area contributed by atoms with Gasteiger partial charge in [-0.3, -0.25) is 0 Å². The molecule has 154 valence electrons. The fraction of sp³-hybridized carbons (Fsp3) is 0.200. The summed E-state index contributed by atoms with van der Waals surface area (Å²) < 4.78 is 28.6. The van der Waals surface area contributed by atoms with Gasteiger partial charge in [0.2, 0.25) is 0 Å². The average Bonchev–Trinajstić information content (AvgIpc) is 3.05. The highest BCUT2D eigenvalue weighted by atomic mass is 19.2. The minimum absolute atomic E-state index is 0. The summed E-state index contributed by atoms with van der Waals surface area (Å²) in [5.74, 6) is -0.907. The molecule has 1 atom stereocenters. The number of aromatic nitrogens is 5. The predicted octanol–water partition coefficient (Wildman–Crippen LogP) is 4.74. The van der Waals surface area contributed by atoms with Crippen LogP contribution < -0.4 is 11.1 Å². The summed E-state index contributed by atoms with van der Waals surface area (Å²) in [6, 6.07) is 7.17. The Morgan fingerprint density at radius 2 is 2.03 bits per heavy atom. The molecule has 29 heavy (non-hydrogen) atoms. The number of halogens is 2. The number of benzene rings is 1. The molecule has 0 aliphatic heterocycles. The van der Waals surface area contributed by atoms with Crippen LogP contribution in [0.1, 0.15) is 35.7 Å². The molecule has 3 N–H and O–H groups in total. The lowest BCUT2D eigenvalue weighted by molar-refractivity contribution is 0.505. The van der Waals surface area contributed by atoms with Crippen molar-refractivity contribution in [3.63, 3.8) is 0 Å². The Morgan fingerprint density at radius 1 is 1.17 bits per heavy atom. The van der Waals surface area contributed by atoms with Crippen molar-refractivity contribution < 1.29 is 13.1 Å². The smallest absolute Gasteiger partial charge is 0.166 e. The molecule has 0 aliphatic carbocycles. The molecule has 0 unspecified atom stereocenters. The monoisotopic (exact) mass is 401 g/mol. The van der Waals surface area contributed by atoms with E-state index in [4.69, 9.17) is 5.73 Å². The van der Waals surface area contributed by atoms with Gasteiger partial charge in [-0.2, -0.15) is 0 Å². The fourth-order valence-electron chi connectivity index (χ4n) is 3.24. The van der Waals surface area contributed by atoms with Gasteiger partial charge in [-0.05, 0) is 30.2 Å². The van der Waals surface area contributed by atoms with Crippen LogP contribution in [-0.2, 0) is 0 Å². The van der Waals surface area contributed by atoms with Crippen LogP contribution in [0.15, 0.2) is 49.1 Å². The zero-order valence-corrected chi connectivity index (χ0v) is 15.7. The number of hydrogen-bond acceptors (Lipinski definition) is 6. The van der Waals surface area contributed by atoms with E-state index in [-0.39, 0.29) is 10.3 Å². The van der Waals surface area contributed by atoms with E-state index in [2.05, 4.69) is 25.4 Å². The lowest BCUT2D eigenvalue weighted by Gasteiger charge is -2.19. The second kappa shape index (κ2) is 7.78. The van der Waals surface area contributed by atoms with E-state index < -0.39 is 11.6 Å². The van der Waals surface area contributed by atoms with E-state index in [1.807, 2.05) is 6.92 Å². The minimum atomic E-state index is -0.876. The van der Waals surface area contributed by atoms with Gasteiger partial charge in [-0.1, -0.05) is 19.4 Å². The van der Waals surface area contributed by atoms with Gasteiger partial charge in [0, 0.05) is 22.7 Å². The summed E-state index contributed by atoms with van der Waals surface area (Å²) in [4.78, 5) is 12.9. The van der Waals surface area contributed by atoms with E-state index >= 15 is 0 Å². The van der Waals surface area contributed by atoms with E-state index in [1.54, 1.807) is 35.1 Å². The van der Waals surface area contributed by atoms with Crippen LogP contribution in [0.2, 0.25) is 0 Å². The highest BCUT2D eigenvalue weighted by Gasteiger charge is 2.17. The van der Waals surface area contributed by atoms with Gasteiger partial charge in [-0.25, -0.2) is 28.2 Å². The van der Waals surface area contributed by atoms with Crippen molar-refractivity contribution in [3.8, 4) is 11.3 Å². The number of anilines is 2. The van der Waals surface area contributed by atoms with Crippen LogP contribution in [0.3, 0.4) is 0 Å². The van der Waals surface area contributed by atoms with Gasteiger partial charge in [0.25, 0.3) is 0 Å². The topological polar surface area (TPSA) is 94.0 Å². The van der Waals surface area contributed by atoms with Crippen molar-refractivity contribution in [2.75, 3.05) is 11.1 Å². The molecule has 0 amide bonds. The quantitative estimate of drug-likeness (QED) is 0.485. The normalized spacial score (nSPS) is 12.2. The Morgan fingerprint density at radius 3 is 2.83 bits per heavy atom. The second-order valence-corrected chi connectivity index (χ2v) is 6.60. The number of nitrogens with two attached hydrogens (primary N) is 1. The molecular weight excluding hydrogens is 376 g/mol. The zero-order valence-electron chi connectivity index (χ0n) is 15.7. The van der Waals surface area contributed by atoms with Crippen LogP contribution in [0, 0.1) is 11.6 Å². The largest absolute Gasteiger partial charge is 0.382 e. The molecule has 0 saturated carbocycles. The van der Waals surface area contributed by atoms with Gasteiger partial charge < -0.3 is 11.1 Å². The molecule has 0 spiro atoms. The molecule has 7 nitrogen and oxygen atoms in total. The summed E-state index contributed by atoms with van der Waals surface area (Å²) in [7, 11) is 0. The lowest BCUT2D eigenvalue weighted by atomic mass is 10.0. The molecule has 4 aromatic rings. The molecule has 1 aromatic carbocycles. The van der Waals surface area contributed by atoms with Crippen molar-refractivity contribution in [2.45, 2.75) is 25.8 Å². The molecule has 3 heterocycles. The number of hydrogen-bond donors (Lipinski definition) is 2. The summed E-state index contributed by atoms with van der Waals surface area (Å²) in [6.07, 6.45) is 6.38. The Balaban J connectivity index is 0.00000171. The first-order valence-electron chi connectivity index (χ1n) is 9.19. The lowest BCUT2D eigenvalue weighted by Crippen LogP contribution is -2.12. The standard InChI is InChI=1S/C20H19F2N7.3H2/c1-2-4-15(12-5-6-13(21)14(22)9-12)27-17-10-16(25-11-26-17)18-19(23)28-29-8-3-7-24-20(18)29;;;/h3,5-11,15H,2,4H2,1H3,(H2,23,28)(H,25,26,27);3*1H/t15-;;;/m1.../s1. The first-order valence-corrected chi connectivity index (χ1v) is 9.19. The molecule has 4 rings (SSSR count). The van der Waals surface area contributed by atoms with Crippen molar-refractivity contribution in [1.82, 2.24) is 24.6 Å². The fourth-order valence-corrected chi connectivity index (χ4v) is 3.24. The first kappa shape index (κ1) is 18.7. The van der Waals surface area contributed by atoms with Gasteiger partial charge in [0.05, 0.1) is 17.3 Å². The number of nitrogen functional groups attached to an aromatic ring is 1. The number of fused-ring (bicyclic) bond motifs is 1. The Hall–Kier alpha value is -3.62. The molecule has 0 fully saturated rings. The van der Waals surface area contributed by atoms with E-state index in [1.165, 1.54) is 12.4 Å². The molecule has 0 radical (unpaired) electrons. The van der Waals surface area contributed by atoms with E-state index in [0.29, 0.717) is 40.5 Å². The molecule has 9 heteroatoms. The van der Waals surface area contributed by atoms with Gasteiger partial charge >= 0.3 is 0 Å². The average molecular weight is 401 g/mol. The molecule has 0 aliphatic rings. The third-order valence-corrected chi connectivity index (χ3v) is 4.59. The van der Waals surface area contributed by atoms with Crippen LogP contribution >= 0.6 is 0 Å². The Bertz CT molecular complexity index is 1170. The number of nitrogens with zero attached hydrogens (tertiary/aromatic N) is 5. The third kappa shape index (κ3) is 3.71. The first-order chi connectivity index (χ1) is 14.1. The maximum Gasteiger partial charge on any atom is 0.166 e. The zero-order chi connectivity index (χ0) is 20.4. The van der Waals surface area contributed by atoms with Crippen molar-refractivity contribution in [2.24, 2.45) is 0 Å². The highest BCUT2D eigenvalue weighted by Crippen LogP contribution is 2.30. The third-order valence-electron chi connectivity index (χ3n) is 4.59. The summed E-state index contributed by atoms with van der Waals surface area (Å²) in [5, 5.41) is 7.53. The van der Waals surface area contributed by atoms with Gasteiger partial charge in [-0.15, -0.1) is 5.10 Å². The van der Waals surface area contributed by atoms with E-state index in [0.717, 1.165) is 12.5 Å². The van der Waals surface area contributed by atoms with Gasteiger partial charge in [0.1, 0.15) is 12.1 Å². The van der Waals surface area contributed by atoms with Crippen molar-refractivity contribution in [3.05, 3.63) is 66.3 Å². The molecule has 0 bridgehead atoms. The number of nitrogens with one attached hydrogen (secondary N) is 1. The number of rotatable bonds is 6. The maximum atomic E-state index is 13.7. The van der Waals surface area contributed by atoms with Crippen LogP contribution in [-0.4, -0.2) is 24.6 Å². The summed E-state index contributed by atoms with van der Waals surface area (Å²) in [5.41, 5.74) is 8.47. The second-order valence-electron chi connectivity index (χ2n) is 6.60. The van der Waals surface area contributed by atoms with Crippen LogP contribution in [0.25, 0.3) is 16.9 Å². The van der Waals surface area contributed by atoms with E-state index in [9.17, 15) is 8.78 Å². The highest BCUT2D eigenvalue weighted by molar-refractivity contribution is 5.84. The van der Waals surface area contributed by atoms with Crippen molar-refractivity contribution >= 4 is 17.3 Å². The molecular formula is C20H25F2N7. The molecule has 0 saturated heterocycles. The SMILES string of the molecule is CCC[C@@H](Nc1cc(-c2c(N)nn3cccnc23)ncn1)c1ccc(F)c(F)c1.[HH].[HH].[HH]. The van der Waals surface area contributed by atoms with Crippen molar-refractivity contribution in [1.29, 1.82) is 0 Å². The van der Waals surface area contributed by atoms with Crippen LogP contribution in [0.4, 0.5) is 20.4 Å². The minimum Gasteiger partial charge on any atom is -0.382 e.